The number of rotatable bonds is 8. The molecule has 3 heterocycles. The van der Waals surface area contributed by atoms with Crippen LogP contribution in [-0.2, 0) is 11.2 Å². The Morgan fingerprint density at radius 2 is 1.94 bits per heavy atom. The van der Waals surface area contributed by atoms with E-state index in [2.05, 4.69) is 23.7 Å². The Balaban J connectivity index is 1.60. The largest absolute Gasteiger partial charge is 0.508 e. The van der Waals surface area contributed by atoms with Crippen LogP contribution in [0.25, 0.3) is 10.9 Å². The van der Waals surface area contributed by atoms with E-state index < -0.39 is 11.6 Å². The van der Waals surface area contributed by atoms with Gasteiger partial charge >= 0.3 is 6.03 Å². The number of phenolic OH excluding ortho intramolecular Hbond substituents is 1. The average molecular weight is 491 g/mol. The SMILES string of the molecule is CCN(CC)CCCN1C(=O)N2[C@H](c3cccc(O)c3)c3[nH]c4ccc(OC)cc4c3C[C@@]2(C)C1=O. The van der Waals surface area contributed by atoms with Crippen LogP contribution in [0.1, 0.15) is 50.1 Å². The van der Waals surface area contributed by atoms with E-state index in [1.54, 1.807) is 30.2 Å². The summed E-state index contributed by atoms with van der Waals surface area (Å²) in [7, 11) is 1.63. The van der Waals surface area contributed by atoms with Gasteiger partial charge in [-0.05, 0) is 74.4 Å². The Morgan fingerprint density at radius 3 is 2.64 bits per heavy atom. The molecule has 0 unspecified atom stereocenters. The minimum absolute atomic E-state index is 0.119. The van der Waals surface area contributed by atoms with Crippen molar-refractivity contribution in [2.45, 2.75) is 45.2 Å². The lowest BCUT2D eigenvalue weighted by molar-refractivity contribution is -0.133. The van der Waals surface area contributed by atoms with Gasteiger partial charge in [-0.15, -0.1) is 0 Å². The number of hydrogen-bond acceptors (Lipinski definition) is 5. The number of amides is 3. The van der Waals surface area contributed by atoms with Gasteiger partial charge < -0.3 is 19.7 Å². The highest BCUT2D eigenvalue weighted by Gasteiger charge is 2.60. The molecule has 0 bridgehead atoms. The number of nitrogens with one attached hydrogen (secondary N) is 1. The number of ether oxygens (including phenoxy) is 1. The molecular formula is C28H34N4O4. The first kappa shape index (κ1) is 24.2. The van der Waals surface area contributed by atoms with E-state index in [0.29, 0.717) is 13.0 Å². The Bertz CT molecular complexity index is 1310. The number of hydrogen-bond donors (Lipinski definition) is 2. The molecule has 8 heteroatoms. The summed E-state index contributed by atoms with van der Waals surface area (Å²) in [5.74, 6) is 0.686. The molecule has 2 aromatic carbocycles. The van der Waals surface area contributed by atoms with E-state index >= 15 is 0 Å². The maximum atomic E-state index is 13.9. The number of aromatic hydroxyl groups is 1. The lowest BCUT2D eigenvalue weighted by Crippen LogP contribution is -2.53. The zero-order chi connectivity index (χ0) is 25.6. The first-order chi connectivity index (χ1) is 17.3. The maximum Gasteiger partial charge on any atom is 0.328 e. The van der Waals surface area contributed by atoms with Crippen LogP contribution in [0.3, 0.4) is 0 Å². The van der Waals surface area contributed by atoms with E-state index in [0.717, 1.165) is 59.5 Å². The number of fused-ring (bicyclic) bond motifs is 4. The van der Waals surface area contributed by atoms with Crippen LogP contribution in [0.15, 0.2) is 42.5 Å². The van der Waals surface area contributed by atoms with Crippen molar-refractivity contribution in [3.63, 3.8) is 0 Å². The van der Waals surface area contributed by atoms with Gasteiger partial charge in [-0.3, -0.25) is 14.6 Å². The molecule has 0 saturated carbocycles. The first-order valence-corrected chi connectivity index (χ1v) is 12.7. The minimum Gasteiger partial charge on any atom is -0.508 e. The van der Waals surface area contributed by atoms with E-state index in [1.807, 2.05) is 31.2 Å². The predicted molar refractivity (Wildman–Crippen MR) is 138 cm³/mol. The van der Waals surface area contributed by atoms with Crippen molar-refractivity contribution in [2.24, 2.45) is 0 Å². The third-order valence-electron chi connectivity index (χ3n) is 7.81. The summed E-state index contributed by atoms with van der Waals surface area (Å²) >= 11 is 0. The second-order valence-electron chi connectivity index (χ2n) is 9.87. The molecule has 5 rings (SSSR count). The van der Waals surface area contributed by atoms with Crippen molar-refractivity contribution in [1.29, 1.82) is 0 Å². The number of nitrogens with zero attached hydrogens (tertiary/aromatic N) is 3. The molecule has 3 amide bonds. The van der Waals surface area contributed by atoms with Crippen LogP contribution in [0, 0.1) is 0 Å². The van der Waals surface area contributed by atoms with Gasteiger partial charge in [-0.2, -0.15) is 0 Å². The molecule has 190 valence electrons. The smallest absolute Gasteiger partial charge is 0.328 e. The van der Waals surface area contributed by atoms with Crippen LogP contribution in [0.4, 0.5) is 4.79 Å². The Kier molecular flexibility index (Phi) is 6.16. The number of aromatic nitrogens is 1. The zero-order valence-electron chi connectivity index (χ0n) is 21.4. The summed E-state index contributed by atoms with van der Waals surface area (Å²) in [4.78, 5) is 36.7. The molecule has 2 aliphatic rings. The third kappa shape index (κ3) is 3.71. The molecule has 1 aromatic heterocycles. The average Bonchev–Trinajstić information content (AvgIpc) is 3.32. The topological polar surface area (TPSA) is 89.1 Å². The summed E-state index contributed by atoms with van der Waals surface area (Å²) < 4.78 is 5.47. The second kappa shape index (κ2) is 9.17. The number of H-pyrrole nitrogens is 1. The summed E-state index contributed by atoms with van der Waals surface area (Å²) in [6.07, 6.45) is 1.13. The standard InChI is InChI=1S/C28H34N4O4/c1-5-30(6-2)13-8-14-31-26(34)28(3)17-22-21-16-20(36-4)11-12-23(21)29-24(22)25(32(28)27(31)35)18-9-7-10-19(33)15-18/h7,9-12,15-16,25,29,33H,5-6,8,13-14,17H2,1-4H3/t25-,28+/m1/s1. The van der Waals surface area contributed by atoms with Gasteiger partial charge in [-0.25, -0.2) is 4.79 Å². The van der Waals surface area contributed by atoms with Crippen molar-refractivity contribution in [1.82, 2.24) is 19.7 Å². The number of benzene rings is 2. The molecule has 2 atom stereocenters. The molecule has 36 heavy (non-hydrogen) atoms. The van der Waals surface area contributed by atoms with Crippen LogP contribution < -0.4 is 4.74 Å². The Morgan fingerprint density at radius 1 is 1.17 bits per heavy atom. The number of carbonyl (C=O) groups excluding carboxylic acids is 2. The van der Waals surface area contributed by atoms with Gasteiger partial charge in [0.05, 0.1) is 7.11 Å². The van der Waals surface area contributed by atoms with Gasteiger partial charge in [0.15, 0.2) is 0 Å². The van der Waals surface area contributed by atoms with E-state index in [4.69, 9.17) is 4.74 Å². The van der Waals surface area contributed by atoms with Crippen LogP contribution in [0.5, 0.6) is 11.5 Å². The summed E-state index contributed by atoms with van der Waals surface area (Å²) in [6, 6.07) is 12.0. The van der Waals surface area contributed by atoms with E-state index in [1.165, 1.54) is 4.90 Å². The Labute approximate surface area is 211 Å². The van der Waals surface area contributed by atoms with Crippen LogP contribution in [0.2, 0.25) is 0 Å². The van der Waals surface area contributed by atoms with E-state index in [9.17, 15) is 14.7 Å². The van der Waals surface area contributed by atoms with Gasteiger partial charge in [0, 0.05) is 29.6 Å². The fourth-order valence-electron chi connectivity index (χ4n) is 5.85. The van der Waals surface area contributed by atoms with Crippen molar-refractivity contribution in [3.8, 4) is 11.5 Å². The fourth-order valence-corrected chi connectivity index (χ4v) is 5.85. The van der Waals surface area contributed by atoms with Crippen molar-refractivity contribution in [3.05, 3.63) is 59.3 Å². The van der Waals surface area contributed by atoms with Gasteiger partial charge in [0.25, 0.3) is 5.91 Å². The van der Waals surface area contributed by atoms with Crippen LogP contribution >= 0.6 is 0 Å². The number of urea groups is 1. The highest BCUT2D eigenvalue weighted by Crippen LogP contribution is 2.49. The number of phenols is 1. The molecule has 2 N–H and O–H groups in total. The second-order valence-corrected chi connectivity index (χ2v) is 9.87. The van der Waals surface area contributed by atoms with Gasteiger partial charge in [0.2, 0.25) is 0 Å². The number of aromatic amines is 1. The van der Waals surface area contributed by atoms with Crippen molar-refractivity contribution < 1.29 is 19.4 Å². The normalized spacial score (nSPS) is 21.4. The highest BCUT2D eigenvalue weighted by molar-refractivity contribution is 6.08. The molecule has 1 fully saturated rings. The fraction of sp³-hybridized carbons (Fsp3) is 0.429. The number of carbonyl (C=O) groups is 2. The quantitative estimate of drug-likeness (QED) is 0.460. The highest BCUT2D eigenvalue weighted by atomic mass is 16.5. The summed E-state index contributed by atoms with van der Waals surface area (Å²) in [5.41, 5.74) is 2.52. The van der Waals surface area contributed by atoms with E-state index in [-0.39, 0.29) is 17.7 Å². The summed E-state index contributed by atoms with van der Waals surface area (Å²) in [5, 5.41) is 11.3. The number of imide groups is 1. The molecular weight excluding hydrogens is 456 g/mol. The Hall–Kier alpha value is -3.52. The molecule has 0 aliphatic carbocycles. The first-order valence-electron chi connectivity index (χ1n) is 12.7. The van der Waals surface area contributed by atoms with Crippen molar-refractivity contribution >= 4 is 22.8 Å². The number of methoxy groups -OCH3 is 1. The summed E-state index contributed by atoms with van der Waals surface area (Å²) in [6.45, 7) is 9.19. The van der Waals surface area contributed by atoms with Gasteiger partial charge in [-0.1, -0.05) is 26.0 Å². The monoisotopic (exact) mass is 490 g/mol. The maximum absolute atomic E-state index is 13.9. The third-order valence-corrected chi connectivity index (χ3v) is 7.81. The molecule has 1 saturated heterocycles. The zero-order valence-corrected chi connectivity index (χ0v) is 21.4. The van der Waals surface area contributed by atoms with Crippen LogP contribution in [-0.4, -0.2) is 75.6 Å². The lowest BCUT2D eigenvalue weighted by atomic mass is 9.81. The molecule has 0 spiro atoms. The predicted octanol–water partition coefficient (Wildman–Crippen LogP) is 4.28. The molecule has 0 radical (unpaired) electrons. The molecule has 8 nitrogen and oxygen atoms in total. The molecule has 3 aromatic rings. The lowest BCUT2D eigenvalue weighted by Gasteiger charge is -2.42. The van der Waals surface area contributed by atoms with Gasteiger partial charge in [0.1, 0.15) is 23.1 Å². The molecule has 2 aliphatic heterocycles. The minimum atomic E-state index is -1.03. The van der Waals surface area contributed by atoms with Crippen molar-refractivity contribution in [2.75, 3.05) is 33.3 Å².